The number of hydrogen-bond acceptors (Lipinski definition) is 3. The van der Waals surface area contributed by atoms with Gasteiger partial charge in [0, 0.05) is 11.8 Å². The van der Waals surface area contributed by atoms with Crippen LogP contribution in [0.3, 0.4) is 0 Å². The Bertz CT molecular complexity index is 917. The predicted octanol–water partition coefficient (Wildman–Crippen LogP) is 6.09. The van der Waals surface area contributed by atoms with E-state index in [9.17, 15) is 19.5 Å². The molecule has 0 aliphatic heterocycles. The third kappa shape index (κ3) is 3.04. The molecule has 0 amide bonds. The number of rotatable bonds is 2. The zero-order valence-corrected chi connectivity index (χ0v) is 21.2. The monoisotopic (exact) mass is 454 g/mol. The molecule has 0 spiro atoms. The van der Waals surface area contributed by atoms with Crippen molar-refractivity contribution in [2.24, 2.45) is 57.2 Å². The minimum absolute atomic E-state index is 0.00703. The summed E-state index contributed by atoms with van der Waals surface area (Å²) in [6, 6.07) is 0. The lowest BCUT2D eigenvalue weighted by atomic mass is 9.36. The van der Waals surface area contributed by atoms with Crippen LogP contribution >= 0.6 is 0 Å². The van der Waals surface area contributed by atoms with Gasteiger partial charge in [0.05, 0.1) is 5.92 Å². The topological polar surface area (TPSA) is 71.4 Å². The smallest absolute Gasteiger partial charge is 0.306 e. The first kappa shape index (κ1) is 23.3. The molecule has 5 aliphatic carbocycles. The van der Waals surface area contributed by atoms with Gasteiger partial charge in [0.2, 0.25) is 0 Å². The van der Waals surface area contributed by atoms with E-state index < -0.39 is 5.97 Å². The molecule has 0 radical (unpaired) electrons. The molecule has 0 heterocycles. The lowest BCUT2D eigenvalue weighted by Crippen LogP contribution is -2.63. The number of carboxylic acids is 1. The van der Waals surface area contributed by atoms with Gasteiger partial charge in [-0.25, -0.2) is 0 Å². The van der Waals surface area contributed by atoms with E-state index in [1.807, 2.05) is 6.08 Å². The molecule has 0 aromatic carbocycles. The Kier molecular flexibility index (Phi) is 5.14. The van der Waals surface area contributed by atoms with Crippen LogP contribution in [0.2, 0.25) is 0 Å². The fourth-order valence-electron chi connectivity index (χ4n) is 10.3. The molecule has 5 rings (SSSR count). The molecular formula is C29H42O4. The van der Waals surface area contributed by atoms with Gasteiger partial charge in [-0.1, -0.05) is 40.2 Å². The summed E-state index contributed by atoms with van der Waals surface area (Å²) in [7, 11) is 0. The van der Waals surface area contributed by atoms with Crippen molar-refractivity contribution in [3.63, 3.8) is 0 Å². The van der Waals surface area contributed by atoms with E-state index in [2.05, 4.69) is 34.6 Å². The number of carbonyl (C=O) groups is 3. The second-order valence-corrected chi connectivity index (χ2v) is 13.8. The number of fused-ring (bicyclic) bond motifs is 7. The second-order valence-electron chi connectivity index (χ2n) is 13.8. The molecule has 1 N–H and O–H groups in total. The molecule has 4 nitrogen and oxygen atoms in total. The van der Waals surface area contributed by atoms with Gasteiger partial charge in [0.1, 0.15) is 6.29 Å². The van der Waals surface area contributed by atoms with Crippen LogP contribution in [0.25, 0.3) is 0 Å². The number of hydrogen-bond donors (Lipinski definition) is 1. The number of carbonyl (C=O) groups excluding carboxylic acids is 2. The van der Waals surface area contributed by atoms with Gasteiger partial charge in [0.25, 0.3) is 0 Å². The van der Waals surface area contributed by atoms with Crippen LogP contribution in [0.4, 0.5) is 0 Å². The first-order chi connectivity index (χ1) is 15.4. The van der Waals surface area contributed by atoms with E-state index in [0.29, 0.717) is 18.3 Å². The van der Waals surface area contributed by atoms with Crippen molar-refractivity contribution in [1.82, 2.24) is 0 Å². The van der Waals surface area contributed by atoms with Crippen LogP contribution in [0, 0.1) is 57.2 Å². The lowest BCUT2D eigenvalue weighted by Gasteiger charge is -2.67. The summed E-state index contributed by atoms with van der Waals surface area (Å²) in [5.74, 6) is 0.409. The summed E-state index contributed by atoms with van der Waals surface area (Å²) in [5, 5.41) is 9.74. The first-order valence-electron chi connectivity index (χ1n) is 13.3. The zero-order valence-electron chi connectivity index (χ0n) is 21.2. The average molecular weight is 455 g/mol. The van der Waals surface area contributed by atoms with Crippen molar-refractivity contribution in [3.05, 3.63) is 11.6 Å². The van der Waals surface area contributed by atoms with Gasteiger partial charge in [-0.2, -0.15) is 0 Å². The summed E-state index contributed by atoms with van der Waals surface area (Å²) in [5.41, 5.74) is 1.20. The van der Waals surface area contributed by atoms with E-state index in [0.717, 1.165) is 57.7 Å². The molecule has 0 bridgehead atoms. The van der Waals surface area contributed by atoms with E-state index in [1.54, 1.807) is 0 Å². The SMILES string of the molecule is CC12CCC(C(=O)O)CC1C1=CC(=O)C3C(C)(CCC4C(C)(C)C(C=O)CCC43C)C1CC2. The second kappa shape index (κ2) is 7.28. The van der Waals surface area contributed by atoms with E-state index in [-0.39, 0.29) is 51.1 Å². The number of aldehydes is 1. The van der Waals surface area contributed by atoms with Crippen molar-refractivity contribution in [2.75, 3.05) is 0 Å². The van der Waals surface area contributed by atoms with Crippen LogP contribution in [0.15, 0.2) is 11.6 Å². The molecule has 4 heteroatoms. The van der Waals surface area contributed by atoms with Gasteiger partial charge in [-0.05, 0) is 103 Å². The highest BCUT2D eigenvalue weighted by Gasteiger charge is 2.66. The zero-order chi connectivity index (χ0) is 24.0. The molecule has 33 heavy (non-hydrogen) atoms. The number of aliphatic carboxylic acids is 1. The molecule has 0 saturated heterocycles. The Balaban J connectivity index is 1.56. The predicted molar refractivity (Wildman–Crippen MR) is 127 cm³/mol. The van der Waals surface area contributed by atoms with E-state index >= 15 is 0 Å². The summed E-state index contributed by atoms with van der Waals surface area (Å²) in [6.45, 7) is 11.6. The Morgan fingerprint density at radius 3 is 2.27 bits per heavy atom. The van der Waals surface area contributed by atoms with Crippen LogP contribution in [-0.4, -0.2) is 23.1 Å². The van der Waals surface area contributed by atoms with Gasteiger partial charge in [-0.15, -0.1) is 0 Å². The van der Waals surface area contributed by atoms with E-state index in [1.165, 1.54) is 5.57 Å². The quantitative estimate of drug-likeness (QED) is 0.513. The highest BCUT2D eigenvalue weighted by atomic mass is 16.4. The normalized spacial score (nSPS) is 50.7. The van der Waals surface area contributed by atoms with Crippen LogP contribution in [-0.2, 0) is 14.4 Å². The molecular weight excluding hydrogens is 412 g/mol. The molecule has 4 saturated carbocycles. The maximum Gasteiger partial charge on any atom is 0.306 e. The number of ketones is 1. The summed E-state index contributed by atoms with van der Waals surface area (Å²) < 4.78 is 0. The Labute approximate surface area is 199 Å². The van der Waals surface area contributed by atoms with Crippen LogP contribution < -0.4 is 0 Å². The minimum atomic E-state index is -0.673. The highest BCUT2D eigenvalue weighted by molar-refractivity contribution is 5.95. The van der Waals surface area contributed by atoms with Gasteiger partial charge < -0.3 is 9.90 Å². The van der Waals surface area contributed by atoms with Crippen molar-refractivity contribution in [1.29, 1.82) is 0 Å². The molecule has 5 aliphatic rings. The Morgan fingerprint density at radius 1 is 0.939 bits per heavy atom. The molecule has 0 aromatic rings. The number of carboxylic acid groups (broad SMARTS) is 1. The van der Waals surface area contributed by atoms with Crippen molar-refractivity contribution in [2.45, 2.75) is 92.4 Å². The Morgan fingerprint density at radius 2 is 1.61 bits per heavy atom. The maximum atomic E-state index is 14.0. The fourth-order valence-corrected chi connectivity index (χ4v) is 10.3. The fraction of sp³-hybridized carbons (Fsp3) is 0.828. The maximum absolute atomic E-state index is 14.0. The average Bonchev–Trinajstić information content (AvgIpc) is 2.72. The largest absolute Gasteiger partial charge is 0.481 e. The highest BCUT2D eigenvalue weighted by Crippen LogP contribution is 2.71. The third-order valence-electron chi connectivity index (χ3n) is 12.1. The summed E-state index contributed by atoms with van der Waals surface area (Å²) in [6.07, 6.45) is 11.8. The van der Waals surface area contributed by atoms with Crippen LogP contribution in [0.1, 0.15) is 92.4 Å². The molecule has 9 unspecified atom stereocenters. The van der Waals surface area contributed by atoms with Gasteiger partial charge >= 0.3 is 5.97 Å². The van der Waals surface area contributed by atoms with Gasteiger partial charge in [0.15, 0.2) is 5.78 Å². The standard InChI is InChI=1S/C29H42O4/c1-26(2)18(16-30)7-12-29(5)23(26)9-13-28(4)20-8-11-27(3)10-6-17(25(32)33)14-21(27)19(20)15-22(31)24(28)29/h15-18,20-21,23-24H,6-14H2,1-5H3,(H,32,33). The molecule has 182 valence electrons. The van der Waals surface area contributed by atoms with Crippen LogP contribution in [0.5, 0.6) is 0 Å². The summed E-state index contributed by atoms with van der Waals surface area (Å²) in [4.78, 5) is 37.8. The van der Waals surface area contributed by atoms with Crippen molar-refractivity contribution < 1.29 is 19.5 Å². The summed E-state index contributed by atoms with van der Waals surface area (Å²) >= 11 is 0. The molecule has 4 fully saturated rings. The first-order valence-corrected chi connectivity index (χ1v) is 13.3. The van der Waals surface area contributed by atoms with E-state index in [4.69, 9.17) is 0 Å². The van der Waals surface area contributed by atoms with Crippen molar-refractivity contribution in [3.8, 4) is 0 Å². The molecule has 0 aromatic heterocycles. The lowest BCUT2D eigenvalue weighted by molar-refractivity contribution is -0.177. The Hall–Kier alpha value is -1.45. The minimum Gasteiger partial charge on any atom is -0.481 e. The van der Waals surface area contributed by atoms with Crippen molar-refractivity contribution >= 4 is 18.0 Å². The third-order valence-corrected chi connectivity index (χ3v) is 12.1. The number of allylic oxidation sites excluding steroid dienone is 2. The van der Waals surface area contributed by atoms with Gasteiger partial charge in [-0.3, -0.25) is 9.59 Å². The molecule has 9 atom stereocenters.